The van der Waals surface area contributed by atoms with Crippen LogP contribution in [0.15, 0.2) is 47.6 Å². The van der Waals surface area contributed by atoms with E-state index < -0.39 is 18.0 Å². The van der Waals surface area contributed by atoms with Gasteiger partial charge in [0.15, 0.2) is 0 Å². The van der Waals surface area contributed by atoms with Gasteiger partial charge in [-0.1, -0.05) is 23.3 Å². The first-order valence-electron chi connectivity index (χ1n) is 8.27. The van der Waals surface area contributed by atoms with Gasteiger partial charge in [0, 0.05) is 10.5 Å². The van der Waals surface area contributed by atoms with E-state index in [0.29, 0.717) is 17.8 Å². The molecule has 2 aliphatic rings. The van der Waals surface area contributed by atoms with Crippen molar-refractivity contribution in [2.24, 2.45) is 5.11 Å². The van der Waals surface area contributed by atoms with Crippen LogP contribution in [0.2, 0.25) is 0 Å². The highest BCUT2D eigenvalue weighted by atomic mass is 19.1. The number of azide groups is 1. The lowest BCUT2D eigenvalue weighted by molar-refractivity contribution is 0.0995. The predicted molar refractivity (Wildman–Crippen MR) is 95.0 cm³/mol. The van der Waals surface area contributed by atoms with Crippen molar-refractivity contribution in [3.63, 3.8) is 0 Å². The van der Waals surface area contributed by atoms with Crippen LogP contribution >= 0.6 is 0 Å². The van der Waals surface area contributed by atoms with Crippen LogP contribution in [-0.4, -0.2) is 31.2 Å². The van der Waals surface area contributed by atoms with Crippen LogP contribution in [0.3, 0.4) is 0 Å². The molecule has 0 aromatic heterocycles. The van der Waals surface area contributed by atoms with Crippen LogP contribution in [0.25, 0.3) is 10.4 Å². The largest absolute Gasteiger partial charge is 0.444 e. The van der Waals surface area contributed by atoms with Gasteiger partial charge >= 0.3 is 6.09 Å². The lowest BCUT2D eigenvalue weighted by Gasteiger charge is -2.19. The molecule has 0 radical (unpaired) electrons. The molecule has 2 aromatic rings. The molecule has 8 nitrogen and oxygen atoms in total. The van der Waals surface area contributed by atoms with Crippen molar-refractivity contribution in [1.82, 2.24) is 0 Å². The lowest BCUT2D eigenvalue weighted by atomic mass is 10.1. The fraction of sp³-hybridized carbons (Fsp3) is 0.222. The van der Waals surface area contributed by atoms with Crippen LogP contribution in [0.1, 0.15) is 15.9 Å². The first-order chi connectivity index (χ1) is 13.1. The normalized spacial score (nSPS) is 18.3. The molecule has 27 heavy (non-hydrogen) atoms. The molecule has 2 aliphatic heterocycles. The Morgan fingerprint density at radius 2 is 2.04 bits per heavy atom. The molecule has 0 saturated carbocycles. The quantitative estimate of drug-likeness (QED) is 0.469. The zero-order valence-electron chi connectivity index (χ0n) is 14.1. The second kappa shape index (κ2) is 6.62. The Balaban J connectivity index is 1.57. The number of anilines is 2. The minimum absolute atomic E-state index is 0.0137. The van der Waals surface area contributed by atoms with Crippen molar-refractivity contribution >= 4 is 23.4 Å². The highest BCUT2D eigenvalue weighted by Crippen LogP contribution is 2.33. The standard InChI is InChI=1S/C18H14FN5O3/c19-15-7-12(23-10-13(8-21-22-20)27-18(23)26)5-6-16(15)24-9-11-3-1-2-4-14(11)17(24)25/h1-7,13H,8-10H2/t13-/m0/s1. The van der Waals surface area contributed by atoms with Crippen molar-refractivity contribution in [3.05, 3.63) is 69.9 Å². The number of hydrogen-bond acceptors (Lipinski definition) is 4. The molecule has 2 heterocycles. The number of cyclic esters (lactones) is 1. The van der Waals surface area contributed by atoms with Crippen LogP contribution in [0.4, 0.5) is 20.6 Å². The summed E-state index contributed by atoms with van der Waals surface area (Å²) in [7, 11) is 0. The Bertz CT molecular complexity index is 989. The number of rotatable bonds is 4. The van der Waals surface area contributed by atoms with Crippen LogP contribution in [-0.2, 0) is 11.3 Å². The van der Waals surface area contributed by atoms with E-state index in [1.54, 1.807) is 18.2 Å². The fourth-order valence-electron chi connectivity index (χ4n) is 3.29. The van der Waals surface area contributed by atoms with Crippen LogP contribution in [0, 0.1) is 5.82 Å². The lowest BCUT2D eigenvalue weighted by Crippen LogP contribution is -2.26. The second-order valence-electron chi connectivity index (χ2n) is 6.21. The van der Waals surface area contributed by atoms with E-state index >= 15 is 0 Å². The summed E-state index contributed by atoms with van der Waals surface area (Å²) in [6.07, 6.45) is -1.21. The summed E-state index contributed by atoms with van der Waals surface area (Å²) < 4.78 is 19.8. The fourth-order valence-corrected chi connectivity index (χ4v) is 3.29. The molecule has 1 saturated heterocycles. The van der Waals surface area contributed by atoms with Crippen molar-refractivity contribution in [1.29, 1.82) is 0 Å². The van der Waals surface area contributed by atoms with E-state index in [1.165, 1.54) is 21.9 Å². The molecule has 0 aliphatic carbocycles. The summed E-state index contributed by atoms with van der Waals surface area (Å²) in [5.41, 5.74) is 10.2. The number of ether oxygens (including phenoxy) is 1. The summed E-state index contributed by atoms with van der Waals surface area (Å²) in [4.78, 5) is 29.8. The topological polar surface area (TPSA) is 98.6 Å². The molecule has 4 rings (SSSR count). The summed E-state index contributed by atoms with van der Waals surface area (Å²) >= 11 is 0. The number of hydrogen-bond donors (Lipinski definition) is 0. The molecule has 1 fully saturated rings. The summed E-state index contributed by atoms with van der Waals surface area (Å²) in [6.45, 7) is 0.468. The maximum Gasteiger partial charge on any atom is 0.414 e. The molecular weight excluding hydrogens is 353 g/mol. The number of halogens is 1. The van der Waals surface area contributed by atoms with Crippen molar-refractivity contribution in [3.8, 4) is 0 Å². The minimum Gasteiger partial charge on any atom is -0.444 e. The monoisotopic (exact) mass is 367 g/mol. The van der Waals surface area contributed by atoms with Gasteiger partial charge in [0.05, 0.1) is 31.0 Å². The number of benzene rings is 2. The minimum atomic E-state index is -0.634. The van der Waals surface area contributed by atoms with Gasteiger partial charge in [-0.05, 0) is 35.4 Å². The molecule has 9 heteroatoms. The third-order valence-electron chi connectivity index (χ3n) is 4.58. The Morgan fingerprint density at radius 3 is 2.78 bits per heavy atom. The highest BCUT2D eigenvalue weighted by Gasteiger charge is 2.34. The Kier molecular flexibility index (Phi) is 4.13. The van der Waals surface area contributed by atoms with Crippen LogP contribution < -0.4 is 9.80 Å². The SMILES string of the molecule is [N-]=[N+]=NC[C@H]1CN(c2ccc(N3Cc4ccccc4C3=O)c(F)c2)C(=O)O1. The Hall–Kier alpha value is -3.58. The van der Waals surface area contributed by atoms with Crippen LogP contribution in [0.5, 0.6) is 0 Å². The van der Waals surface area contributed by atoms with Gasteiger partial charge in [0.25, 0.3) is 5.91 Å². The second-order valence-corrected chi connectivity index (χ2v) is 6.21. The van der Waals surface area contributed by atoms with Gasteiger partial charge in [-0.15, -0.1) is 0 Å². The molecule has 2 aromatic carbocycles. The summed E-state index contributed by atoms with van der Waals surface area (Å²) in [6, 6.07) is 11.4. The first kappa shape index (κ1) is 16.9. The molecule has 136 valence electrons. The average molecular weight is 367 g/mol. The van der Waals surface area contributed by atoms with E-state index in [9.17, 15) is 14.0 Å². The van der Waals surface area contributed by atoms with Gasteiger partial charge in [-0.3, -0.25) is 9.69 Å². The predicted octanol–water partition coefficient (Wildman–Crippen LogP) is 3.62. The smallest absolute Gasteiger partial charge is 0.414 e. The molecule has 2 amide bonds. The van der Waals surface area contributed by atoms with Crippen molar-refractivity contribution in [2.75, 3.05) is 22.9 Å². The maximum atomic E-state index is 14.7. The van der Waals surface area contributed by atoms with E-state index in [2.05, 4.69) is 10.0 Å². The Labute approximate surface area is 153 Å². The molecule has 0 bridgehead atoms. The van der Waals surface area contributed by atoms with Crippen molar-refractivity contribution in [2.45, 2.75) is 12.6 Å². The summed E-state index contributed by atoms with van der Waals surface area (Å²) in [5, 5.41) is 3.39. The van der Waals surface area contributed by atoms with Gasteiger partial charge in [-0.25, -0.2) is 9.18 Å². The molecule has 0 unspecified atom stereocenters. The number of fused-ring (bicyclic) bond motifs is 1. The van der Waals surface area contributed by atoms with E-state index in [1.807, 2.05) is 12.1 Å². The Morgan fingerprint density at radius 1 is 1.22 bits per heavy atom. The van der Waals surface area contributed by atoms with E-state index in [0.717, 1.165) is 5.56 Å². The number of nitrogens with zero attached hydrogens (tertiary/aromatic N) is 5. The zero-order chi connectivity index (χ0) is 19.0. The van der Waals surface area contributed by atoms with Crippen molar-refractivity contribution < 1.29 is 18.7 Å². The highest BCUT2D eigenvalue weighted by molar-refractivity contribution is 6.10. The molecule has 0 N–H and O–H groups in total. The zero-order valence-corrected chi connectivity index (χ0v) is 14.1. The average Bonchev–Trinajstić information content (AvgIpc) is 3.20. The first-order valence-corrected chi connectivity index (χ1v) is 8.27. The van der Waals surface area contributed by atoms with E-state index in [-0.39, 0.29) is 24.7 Å². The van der Waals surface area contributed by atoms with Gasteiger partial charge in [0.2, 0.25) is 0 Å². The van der Waals surface area contributed by atoms with Gasteiger partial charge < -0.3 is 9.64 Å². The number of carbonyl (C=O) groups excluding carboxylic acids is 2. The maximum absolute atomic E-state index is 14.7. The van der Waals surface area contributed by atoms with Gasteiger partial charge in [0.1, 0.15) is 11.9 Å². The number of amides is 2. The third-order valence-corrected chi connectivity index (χ3v) is 4.58. The third kappa shape index (κ3) is 2.94. The van der Waals surface area contributed by atoms with E-state index in [4.69, 9.17) is 10.3 Å². The summed E-state index contributed by atoms with van der Waals surface area (Å²) in [5.74, 6) is -0.868. The molecule has 1 atom stereocenters. The molecular formula is C18H14FN5O3. The molecule has 0 spiro atoms. The van der Waals surface area contributed by atoms with Gasteiger partial charge in [-0.2, -0.15) is 0 Å². The number of carbonyl (C=O) groups is 2.